The minimum atomic E-state index is -0.236. The fourth-order valence-corrected chi connectivity index (χ4v) is 4.31. The maximum Gasteiger partial charge on any atom is 0.291 e. The predicted molar refractivity (Wildman–Crippen MR) is 114 cm³/mol. The molecule has 0 aliphatic heterocycles. The normalized spacial score (nSPS) is 11.4. The molecule has 0 N–H and O–H groups in total. The zero-order valence-electron chi connectivity index (χ0n) is 16.5. The van der Waals surface area contributed by atoms with Crippen LogP contribution in [0.25, 0.3) is 15.7 Å². The Morgan fingerprint density at radius 1 is 1.24 bits per heavy atom. The quantitative estimate of drug-likeness (QED) is 0.471. The van der Waals surface area contributed by atoms with Crippen molar-refractivity contribution in [2.45, 2.75) is 32.7 Å². The van der Waals surface area contributed by atoms with Gasteiger partial charge in [0, 0.05) is 43.7 Å². The number of likely N-dealkylation sites (N-methyl/N-ethyl adjacent to an activating group) is 1. The van der Waals surface area contributed by atoms with Crippen LogP contribution in [-0.4, -0.2) is 43.6 Å². The Morgan fingerprint density at radius 2 is 2.10 bits per heavy atom. The third-order valence-corrected chi connectivity index (χ3v) is 5.89. The lowest BCUT2D eigenvalue weighted by atomic mass is 10.2. The molecule has 1 amide bonds. The molecule has 8 heteroatoms. The van der Waals surface area contributed by atoms with Crippen molar-refractivity contribution >= 4 is 33.0 Å². The van der Waals surface area contributed by atoms with Crippen molar-refractivity contribution in [1.82, 2.24) is 24.1 Å². The summed E-state index contributed by atoms with van der Waals surface area (Å²) in [5, 5.41) is 7.59. The lowest BCUT2D eigenvalue weighted by Crippen LogP contribution is -2.37. The van der Waals surface area contributed by atoms with Crippen LogP contribution in [0.2, 0.25) is 0 Å². The van der Waals surface area contributed by atoms with E-state index in [4.69, 9.17) is 0 Å². The van der Waals surface area contributed by atoms with Gasteiger partial charge in [-0.3, -0.25) is 19.0 Å². The largest absolute Gasteiger partial charge is 0.344 e. The summed E-state index contributed by atoms with van der Waals surface area (Å²) >= 11 is 1.60. The summed E-state index contributed by atoms with van der Waals surface area (Å²) in [5.41, 5.74) is 1.27. The Kier molecular flexibility index (Phi) is 5.44. The van der Waals surface area contributed by atoms with Crippen LogP contribution in [0.15, 0.2) is 46.7 Å². The number of aromatic nitrogens is 4. The van der Waals surface area contributed by atoms with Crippen molar-refractivity contribution in [3.8, 4) is 0 Å². The van der Waals surface area contributed by atoms with E-state index < -0.39 is 0 Å². The van der Waals surface area contributed by atoms with E-state index in [1.807, 2.05) is 40.1 Å². The van der Waals surface area contributed by atoms with E-state index in [9.17, 15) is 9.59 Å². The Hall–Kier alpha value is -3.00. The first-order valence-corrected chi connectivity index (χ1v) is 10.6. The second kappa shape index (κ2) is 8.16. The number of nitrogens with zero attached hydrogens (tertiary/aromatic N) is 5. The molecule has 4 aromatic heterocycles. The van der Waals surface area contributed by atoms with E-state index in [2.05, 4.69) is 17.0 Å². The number of hydrogen-bond donors (Lipinski definition) is 0. The van der Waals surface area contributed by atoms with E-state index in [1.165, 1.54) is 4.68 Å². The zero-order chi connectivity index (χ0) is 20.4. The minimum Gasteiger partial charge on any atom is -0.344 e. The second-order valence-corrected chi connectivity index (χ2v) is 7.96. The summed E-state index contributed by atoms with van der Waals surface area (Å²) in [6, 6.07) is 9.63. The Morgan fingerprint density at radius 3 is 2.86 bits per heavy atom. The molecule has 0 radical (unpaired) electrons. The van der Waals surface area contributed by atoms with Crippen molar-refractivity contribution in [3.05, 3.63) is 63.8 Å². The number of carbonyl (C=O) groups excluding carboxylic acids is 1. The van der Waals surface area contributed by atoms with Crippen LogP contribution in [-0.2, 0) is 24.2 Å². The highest BCUT2D eigenvalue weighted by atomic mass is 32.1. The van der Waals surface area contributed by atoms with Gasteiger partial charge in [0.2, 0.25) is 5.91 Å². The van der Waals surface area contributed by atoms with Gasteiger partial charge < -0.3 is 4.90 Å². The molecule has 0 aliphatic rings. The lowest BCUT2D eigenvalue weighted by Gasteiger charge is -2.18. The Labute approximate surface area is 172 Å². The summed E-state index contributed by atoms with van der Waals surface area (Å²) in [4.78, 5) is 32.6. The molecule has 0 fully saturated rings. The molecular formula is C21H23N5O2S. The van der Waals surface area contributed by atoms with Crippen LogP contribution in [0.1, 0.15) is 24.9 Å². The zero-order valence-corrected chi connectivity index (χ0v) is 17.4. The van der Waals surface area contributed by atoms with Crippen molar-refractivity contribution in [3.63, 3.8) is 0 Å². The van der Waals surface area contributed by atoms with Crippen LogP contribution in [0.5, 0.6) is 0 Å². The van der Waals surface area contributed by atoms with E-state index >= 15 is 0 Å². The summed E-state index contributed by atoms with van der Waals surface area (Å²) < 4.78 is 3.25. The summed E-state index contributed by atoms with van der Waals surface area (Å²) in [7, 11) is 1.75. The van der Waals surface area contributed by atoms with Crippen LogP contribution in [0.3, 0.4) is 0 Å². The number of hydrogen-bond acceptors (Lipinski definition) is 5. The third-order valence-electron chi connectivity index (χ3n) is 4.97. The van der Waals surface area contributed by atoms with Gasteiger partial charge in [-0.05, 0) is 36.1 Å². The summed E-state index contributed by atoms with van der Waals surface area (Å²) in [6.45, 7) is 2.55. The van der Waals surface area contributed by atoms with Gasteiger partial charge in [-0.2, -0.15) is 5.10 Å². The fraction of sp³-hybridized carbons (Fsp3) is 0.333. The molecule has 0 unspecified atom stereocenters. The predicted octanol–water partition coefficient (Wildman–Crippen LogP) is 2.76. The average Bonchev–Trinajstić information content (AvgIpc) is 3.32. The summed E-state index contributed by atoms with van der Waals surface area (Å²) in [6.07, 6.45) is 4.05. The molecule has 0 spiro atoms. The van der Waals surface area contributed by atoms with Crippen molar-refractivity contribution < 1.29 is 4.79 Å². The fourth-order valence-electron chi connectivity index (χ4n) is 3.39. The number of fused-ring (bicyclic) bond motifs is 3. The van der Waals surface area contributed by atoms with Gasteiger partial charge >= 0.3 is 0 Å². The van der Waals surface area contributed by atoms with Gasteiger partial charge in [0.05, 0.1) is 0 Å². The summed E-state index contributed by atoms with van der Waals surface area (Å²) in [5.74, 6) is 0.666. The smallest absolute Gasteiger partial charge is 0.291 e. The first-order chi connectivity index (χ1) is 14.1. The molecule has 0 aliphatic carbocycles. The second-order valence-electron chi connectivity index (χ2n) is 7.06. The number of thiophene rings is 1. The topological polar surface area (TPSA) is 72.5 Å². The van der Waals surface area contributed by atoms with Gasteiger partial charge in [-0.15, -0.1) is 11.3 Å². The molecule has 4 heterocycles. The number of carbonyl (C=O) groups is 1. The molecule has 7 nitrogen and oxygen atoms in total. The van der Waals surface area contributed by atoms with Crippen LogP contribution >= 0.6 is 11.3 Å². The van der Waals surface area contributed by atoms with Crippen LogP contribution < -0.4 is 5.56 Å². The first-order valence-electron chi connectivity index (χ1n) is 9.71. The molecular weight excluding hydrogens is 386 g/mol. The number of rotatable bonds is 7. The lowest BCUT2D eigenvalue weighted by molar-refractivity contribution is -0.130. The monoisotopic (exact) mass is 409 g/mol. The number of aryl methyl sites for hydroxylation is 1. The van der Waals surface area contributed by atoms with Crippen molar-refractivity contribution in [2.24, 2.45) is 0 Å². The average molecular weight is 410 g/mol. The molecule has 0 atom stereocenters. The minimum absolute atomic E-state index is 0.0659. The first kappa shape index (κ1) is 19.3. The van der Waals surface area contributed by atoms with Crippen LogP contribution in [0.4, 0.5) is 0 Å². The molecule has 4 aromatic rings. The van der Waals surface area contributed by atoms with Crippen molar-refractivity contribution in [1.29, 1.82) is 0 Å². The molecule has 4 rings (SSSR count). The maximum absolute atomic E-state index is 13.0. The third kappa shape index (κ3) is 3.80. The number of amides is 1. The highest BCUT2D eigenvalue weighted by Crippen LogP contribution is 2.25. The molecule has 0 aromatic carbocycles. The number of pyridine rings is 1. The van der Waals surface area contributed by atoms with Gasteiger partial charge in [0.1, 0.15) is 22.7 Å². The van der Waals surface area contributed by atoms with Crippen LogP contribution in [0, 0.1) is 0 Å². The Bertz CT molecular complexity index is 1210. The maximum atomic E-state index is 13.0. The highest BCUT2D eigenvalue weighted by Gasteiger charge is 2.18. The molecule has 150 valence electrons. The molecule has 0 bridgehead atoms. The molecule has 0 saturated heterocycles. The SMILES string of the molecule is CCCc1nn(CC(=O)N(C)CCc2ccccn2)c(=O)c2cc3ccsc3n12. The van der Waals surface area contributed by atoms with Gasteiger partial charge in [0.15, 0.2) is 0 Å². The van der Waals surface area contributed by atoms with Crippen molar-refractivity contribution in [2.75, 3.05) is 13.6 Å². The highest BCUT2D eigenvalue weighted by molar-refractivity contribution is 7.16. The van der Waals surface area contributed by atoms with E-state index in [-0.39, 0.29) is 18.0 Å². The van der Waals surface area contributed by atoms with E-state index in [0.717, 1.165) is 34.6 Å². The Balaban J connectivity index is 1.59. The van der Waals surface area contributed by atoms with Gasteiger partial charge in [0.25, 0.3) is 5.56 Å². The van der Waals surface area contributed by atoms with Gasteiger partial charge in [-0.1, -0.05) is 13.0 Å². The standard InChI is InChI=1S/C21H23N5O2S/c1-3-6-18-23-25(20(28)17-13-15-9-12-29-21(15)26(17)18)14-19(27)24(2)11-8-16-7-4-5-10-22-16/h4-5,7,9-10,12-13H,3,6,8,11,14H2,1-2H3. The molecule has 29 heavy (non-hydrogen) atoms. The molecule has 0 saturated carbocycles. The van der Waals surface area contributed by atoms with Gasteiger partial charge in [-0.25, -0.2) is 4.68 Å². The van der Waals surface area contributed by atoms with E-state index in [0.29, 0.717) is 18.5 Å². The van der Waals surface area contributed by atoms with E-state index in [1.54, 1.807) is 29.5 Å².